The van der Waals surface area contributed by atoms with Crippen molar-refractivity contribution in [1.82, 2.24) is 4.98 Å². The van der Waals surface area contributed by atoms with Crippen LogP contribution in [0.2, 0.25) is 0 Å². The minimum atomic E-state index is -0.769. The third-order valence-electron chi connectivity index (χ3n) is 3.74. The van der Waals surface area contributed by atoms with Gasteiger partial charge >= 0.3 is 0 Å². The lowest BCUT2D eigenvalue weighted by atomic mass is 9.95. The quantitative estimate of drug-likeness (QED) is 0.769. The highest BCUT2D eigenvalue weighted by Gasteiger charge is 2.15. The first-order valence-corrected chi connectivity index (χ1v) is 7.71. The van der Waals surface area contributed by atoms with Crippen LogP contribution in [0.25, 0.3) is 11.3 Å². The molecular weight excluding hydrogens is 300 g/mol. The van der Waals surface area contributed by atoms with Crippen LogP contribution < -0.4 is 5.32 Å². The summed E-state index contributed by atoms with van der Waals surface area (Å²) in [6.07, 6.45) is 0.968. The van der Waals surface area contributed by atoms with Crippen LogP contribution in [0.15, 0.2) is 72.9 Å². The van der Waals surface area contributed by atoms with Crippen molar-refractivity contribution >= 4 is 11.6 Å². The molecule has 3 aromatic rings. The van der Waals surface area contributed by atoms with Gasteiger partial charge in [-0.25, -0.2) is 0 Å². The highest BCUT2D eigenvalue weighted by molar-refractivity contribution is 5.88. The fourth-order valence-corrected chi connectivity index (χ4v) is 2.62. The number of nitrogens with one attached hydrogen (secondary N) is 1. The molecule has 2 N–H and O–H groups in total. The monoisotopic (exact) mass is 318 g/mol. The van der Waals surface area contributed by atoms with E-state index < -0.39 is 6.10 Å². The summed E-state index contributed by atoms with van der Waals surface area (Å²) in [6, 6.07) is 20.6. The highest BCUT2D eigenvalue weighted by Crippen LogP contribution is 2.31. The van der Waals surface area contributed by atoms with Crippen LogP contribution in [0.1, 0.15) is 24.2 Å². The van der Waals surface area contributed by atoms with E-state index in [0.717, 1.165) is 22.4 Å². The van der Waals surface area contributed by atoms with Crippen LogP contribution in [0, 0.1) is 0 Å². The van der Waals surface area contributed by atoms with Gasteiger partial charge in [0.05, 0.1) is 5.69 Å². The number of carbonyl (C=O) groups excluding carboxylic acids is 1. The molecule has 1 aromatic heterocycles. The maximum Gasteiger partial charge on any atom is 0.221 e. The predicted molar refractivity (Wildman–Crippen MR) is 94.5 cm³/mol. The Morgan fingerprint density at radius 2 is 1.71 bits per heavy atom. The Kier molecular flexibility index (Phi) is 4.68. The van der Waals surface area contributed by atoms with Gasteiger partial charge in [-0.3, -0.25) is 9.78 Å². The topological polar surface area (TPSA) is 62.2 Å². The minimum Gasteiger partial charge on any atom is -0.384 e. The maximum atomic E-state index is 11.1. The number of aliphatic hydroxyl groups is 1. The highest BCUT2D eigenvalue weighted by atomic mass is 16.3. The predicted octanol–water partition coefficient (Wildman–Crippen LogP) is 3.79. The second-order valence-corrected chi connectivity index (χ2v) is 5.51. The molecule has 0 radical (unpaired) electrons. The molecule has 120 valence electrons. The number of aromatic nitrogens is 1. The zero-order valence-electron chi connectivity index (χ0n) is 13.3. The molecule has 1 unspecified atom stereocenters. The van der Waals surface area contributed by atoms with Crippen molar-refractivity contribution in [3.63, 3.8) is 0 Å². The Balaban J connectivity index is 1.93. The van der Waals surface area contributed by atoms with E-state index in [2.05, 4.69) is 10.3 Å². The molecule has 0 aliphatic rings. The number of amides is 1. The Hall–Kier alpha value is -2.98. The molecule has 3 rings (SSSR count). The van der Waals surface area contributed by atoms with E-state index in [1.807, 2.05) is 54.6 Å². The van der Waals surface area contributed by atoms with Gasteiger partial charge in [-0.1, -0.05) is 42.5 Å². The zero-order chi connectivity index (χ0) is 16.9. The molecule has 0 saturated heterocycles. The van der Waals surface area contributed by atoms with E-state index in [-0.39, 0.29) is 5.91 Å². The summed E-state index contributed by atoms with van der Waals surface area (Å²) in [6.45, 7) is 1.46. The van der Waals surface area contributed by atoms with Gasteiger partial charge in [0.2, 0.25) is 5.91 Å². The fraction of sp³-hybridized carbons (Fsp3) is 0.100. The summed E-state index contributed by atoms with van der Waals surface area (Å²) < 4.78 is 0. The SMILES string of the molecule is CC(=O)Nc1ccc(C(O)c2ccccc2-c2ccccn2)cc1. The van der Waals surface area contributed by atoms with Gasteiger partial charge in [0.25, 0.3) is 0 Å². The number of nitrogens with zero attached hydrogens (tertiary/aromatic N) is 1. The molecular formula is C20H18N2O2. The van der Waals surface area contributed by atoms with Crippen molar-refractivity contribution in [3.8, 4) is 11.3 Å². The van der Waals surface area contributed by atoms with E-state index >= 15 is 0 Å². The van der Waals surface area contributed by atoms with Crippen LogP contribution in [0.4, 0.5) is 5.69 Å². The number of pyridine rings is 1. The lowest BCUT2D eigenvalue weighted by Crippen LogP contribution is -2.06. The van der Waals surface area contributed by atoms with Crippen molar-refractivity contribution in [3.05, 3.63) is 84.1 Å². The van der Waals surface area contributed by atoms with E-state index in [9.17, 15) is 9.90 Å². The number of hydrogen-bond donors (Lipinski definition) is 2. The standard InChI is InChI=1S/C20H18N2O2/c1-14(23)22-16-11-9-15(10-12-16)20(24)18-7-3-2-6-17(18)19-8-4-5-13-21-19/h2-13,20,24H,1H3,(H,22,23). The van der Waals surface area contributed by atoms with Crippen molar-refractivity contribution in [2.75, 3.05) is 5.32 Å². The van der Waals surface area contributed by atoms with Gasteiger partial charge in [0, 0.05) is 24.4 Å². The number of anilines is 1. The van der Waals surface area contributed by atoms with Gasteiger partial charge in [-0.15, -0.1) is 0 Å². The summed E-state index contributed by atoms with van der Waals surface area (Å²) in [7, 11) is 0. The molecule has 0 fully saturated rings. The molecule has 0 spiro atoms. The van der Waals surface area contributed by atoms with Crippen LogP contribution in [0.3, 0.4) is 0 Å². The average Bonchev–Trinajstić information content (AvgIpc) is 2.62. The molecule has 4 heteroatoms. The first kappa shape index (κ1) is 15.9. The maximum absolute atomic E-state index is 11.1. The summed E-state index contributed by atoms with van der Waals surface area (Å²) in [5, 5.41) is 13.5. The minimum absolute atomic E-state index is 0.121. The summed E-state index contributed by atoms with van der Waals surface area (Å²) in [4.78, 5) is 15.5. The summed E-state index contributed by atoms with van der Waals surface area (Å²) >= 11 is 0. The van der Waals surface area contributed by atoms with Crippen molar-refractivity contribution < 1.29 is 9.90 Å². The van der Waals surface area contributed by atoms with Crippen LogP contribution in [0.5, 0.6) is 0 Å². The fourth-order valence-electron chi connectivity index (χ4n) is 2.62. The molecule has 0 saturated carbocycles. The molecule has 1 heterocycles. The molecule has 24 heavy (non-hydrogen) atoms. The smallest absolute Gasteiger partial charge is 0.221 e. The van der Waals surface area contributed by atoms with E-state index in [1.54, 1.807) is 18.3 Å². The van der Waals surface area contributed by atoms with Crippen molar-refractivity contribution in [2.24, 2.45) is 0 Å². The number of aliphatic hydroxyl groups excluding tert-OH is 1. The number of rotatable bonds is 4. The number of carbonyl (C=O) groups is 1. The van der Waals surface area contributed by atoms with Gasteiger partial charge in [-0.2, -0.15) is 0 Å². The van der Waals surface area contributed by atoms with Crippen LogP contribution >= 0.6 is 0 Å². The van der Waals surface area contributed by atoms with Crippen LogP contribution in [-0.2, 0) is 4.79 Å². The largest absolute Gasteiger partial charge is 0.384 e. The zero-order valence-corrected chi connectivity index (χ0v) is 13.3. The molecule has 0 aliphatic heterocycles. The second-order valence-electron chi connectivity index (χ2n) is 5.51. The molecule has 2 aromatic carbocycles. The second kappa shape index (κ2) is 7.06. The molecule has 0 aliphatic carbocycles. The first-order chi connectivity index (χ1) is 11.6. The van der Waals surface area contributed by atoms with E-state index in [1.165, 1.54) is 6.92 Å². The summed E-state index contributed by atoms with van der Waals surface area (Å²) in [5.41, 5.74) is 3.98. The number of hydrogen-bond acceptors (Lipinski definition) is 3. The Labute approximate surface area is 140 Å². The third kappa shape index (κ3) is 3.50. The van der Waals surface area contributed by atoms with Gasteiger partial charge in [-0.05, 0) is 35.4 Å². The molecule has 0 bridgehead atoms. The number of benzene rings is 2. The van der Waals surface area contributed by atoms with Crippen LogP contribution in [-0.4, -0.2) is 16.0 Å². The lowest BCUT2D eigenvalue weighted by Gasteiger charge is -2.16. The van der Waals surface area contributed by atoms with Gasteiger partial charge in [0.15, 0.2) is 0 Å². The lowest BCUT2D eigenvalue weighted by molar-refractivity contribution is -0.114. The molecule has 1 amide bonds. The Morgan fingerprint density at radius 3 is 2.38 bits per heavy atom. The third-order valence-corrected chi connectivity index (χ3v) is 3.74. The van der Waals surface area contributed by atoms with E-state index in [4.69, 9.17) is 0 Å². The van der Waals surface area contributed by atoms with Gasteiger partial charge < -0.3 is 10.4 Å². The van der Waals surface area contributed by atoms with Crippen molar-refractivity contribution in [2.45, 2.75) is 13.0 Å². The van der Waals surface area contributed by atoms with E-state index in [0.29, 0.717) is 5.69 Å². The average molecular weight is 318 g/mol. The molecule has 4 nitrogen and oxygen atoms in total. The normalized spacial score (nSPS) is 11.8. The van der Waals surface area contributed by atoms with Gasteiger partial charge in [0.1, 0.15) is 6.10 Å². The molecule has 1 atom stereocenters. The first-order valence-electron chi connectivity index (χ1n) is 7.71. The Morgan fingerprint density at radius 1 is 1.00 bits per heavy atom. The van der Waals surface area contributed by atoms with Crippen molar-refractivity contribution in [1.29, 1.82) is 0 Å². The summed E-state index contributed by atoms with van der Waals surface area (Å²) in [5.74, 6) is -0.121. The Bertz CT molecular complexity index is 830.